The molecular formula is C24H44N4O2. The van der Waals surface area contributed by atoms with Gasteiger partial charge in [0.2, 0.25) is 5.91 Å². The van der Waals surface area contributed by atoms with Crippen molar-refractivity contribution >= 4 is 5.91 Å². The van der Waals surface area contributed by atoms with Crippen LogP contribution in [-0.4, -0.2) is 34.8 Å². The lowest BCUT2D eigenvalue weighted by Crippen LogP contribution is -2.37. The van der Waals surface area contributed by atoms with Crippen molar-refractivity contribution in [3.05, 3.63) is 11.4 Å². The third kappa shape index (κ3) is 6.13. The summed E-state index contributed by atoms with van der Waals surface area (Å²) in [7, 11) is 0. The van der Waals surface area contributed by atoms with Crippen LogP contribution in [0.4, 0.5) is 0 Å². The van der Waals surface area contributed by atoms with Crippen LogP contribution in [0.15, 0.2) is 11.4 Å². The molecule has 6 nitrogen and oxygen atoms in total. The highest BCUT2D eigenvalue weighted by molar-refractivity contribution is 5.76. The minimum absolute atomic E-state index is 0.0672. The molecule has 4 atom stereocenters. The van der Waals surface area contributed by atoms with Crippen LogP contribution in [0.3, 0.4) is 0 Å². The highest BCUT2D eigenvalue weighted by Crippen LogP contribution is 2.49. The number of carbonyl (C=O) groups is 1. The van der Waals surface area contributed by atoms with Crippen molar-refractivity contribution in [3.8, 4) is 0 Å². The summed E-state index contributed by atoms with van der Waals surface area (Å²) in [4.78, 5) is 12.2. The van der Waals surface area contributed by atoms with Crippen molar-refractivity contribution in [2.24, 2.45) is 23.5 Å². The third-order valence-corrected chi connectivity index (χ3v) is 7.47. The second-order valence-electron chi connectivity index (χ2n) is 11.0. The predicted octanol–water partition coefficient (Wildman–Crippen LogP) is 4.03. The molecule has 172 valence electrons. The lowest BCUT2D eigenvalue weighted by molar-refractivity contribution is -0.123. The molecule has 0 aromatic heterocycles. The van der Waals surface area contributed by atoms with E-state index in [1.54, 1.807) is 0 Å². The lowest BCUT2D eigenvalue weighted by atomic mass is 10.0. The Kier molecular flexibility index (Phi) is 7.08. The zero-order valence-electron chi connectivity index (χ0n) is 20.0. The summed E-state index contributed by atoms with van der Waals surface area (Å²) in [5.41, 5.74) is 12.0. The van der Waals surface area contributed by atoms with Gasteiger partial charge >= 0.3 is 0 Å². The van der Waals surface area contributed by atoms with Crippen LogP contribution in [0, 0.1) is 17.8 Å². The molecule has 2 fully saturated rings. The largest absolute Gasteiger partial charge is 0.401 e. The van der Waals surface area contributed by atoms with Gasteiger partial charge in [0.1, 0.15) is 5.66 Å². The molecule has 2 aliphatic carbocycles. The standard InChI is InChI=1S/C24H44N4O2/c1-16(2)17(3)26-22(29)11-12-23(4,5)30-14-13-24(6)27-28(24)21-10-8-19-15-18(19)7-9-20(21)25/h16-19,27H,7-15,25H2,1-6H3,(H,26,29)/b21-20-. The zero-order chi connectivity index (χ0) is 22.1. The summed E-state index contributed by atoms with van der Waals surface area (Å²) in [6, 6.07) is 0.203. The summed E-state index contributed by atoms with van der Waals surface area (Å²) in [5.74, 6) is 2.43. The fourth-order valence-electron chi connectivity index (χ4n) is 4.50. The van der Waals surface area contributed by atoms with Crippen LogP contribution in [0.2, 0.25) is 0 Å². The Morgan fingerprint density at radius 2 is 1.97 bits per heavy atom. The Labute approximate surface area is 183 Å². The Morgan fingerprint density at radius 3 is 2.63 bits per heavy atom. The Morgan fingerprint density at radius 1 is 1.30 bits per heavy atom. The molecule has 3 aliphatic rings. The maximum Gasteiger partial charge on any atom is 0.220 e. The van der Waals surface area contributed by atoms with Gasteiger partial charge in [-0.05, 0) is 84.0 Å². The molecule has 1 saturated carbocycles. The van der Waals surface area contributed by atoms with Gasteiger partial charge in [-0.2, -0.15) is 0 Å². The SMILES string of the molecule is CC(C)C(C)NC(=O)CCC(C)(C)OCCC1(C)NN1/C1=C(\N)CCC2CC2CC1. The van der Waals surface area contributed by atoms with Crippen molar-refractivity contribution in [1.82, 2.24) is 15.8 Å². The topological polar surface area (TPSA) is 89.3 Å². The number of rotatable bonds is 10. The van der Waals surface area contributed by atoms with E-state index in [0.717, 1.165) is 43.2 Å². The first-order chi connectivity index (χ1) is 14.0. The van der Waals surface area contributed by atoms with Gasteiger partial charge in [-0.3, -0.25) is 9.80 Å². The molecule has 1 amide bonds. The molecule has 30 heavy (non-hydrogen) atoms. The van der Waals surface area contributed by atoms with E-state index in [1.807, 2.05) is 0 Å². The van der Waals surface area contributed by atoms with E-state index in [-0.39, 0.29) is 23.2 Å². The fraction of sp³-hybridized carbons (Fsp3) is 0.875. The molecule has 3 rings (SSSR count). The number of hydrazine groups is 1. The van der Waals surface area contributed by atoms with Crippen LogP contribution >= 0.6 is 0 Å². The summed E-state index contributed by atoms with van der Waals surface area (Å²) in [6.07, 6.45) is 8.17. The number of fused-ring (bicyclic) bond motifs is 1. The molecule has 0 aromatic rings. The monoisotopic (exact) mass is 420 g/mol. The molecule has 0 aromatic carbocycles. The van der Waals surface area contributed by atoms with Crippen molar-refractivity contribution in [1.29, 1.82) is 0 Å². The molecule has 0 bridgehead atoms. The zero-order valence-corrected chi connectivity index (χ0v) is 20.0. The van der Waals surface area contributed by atoms with Crippen molar-refractivity contribution in [2.75, 3.05) is 6.61 Å². The first-order valence-electron chi connectivity index (χ1n) is 12.0. The van der Waals surface area contributed by atoms with Gasteiger partial charge in [-0.15, -0.1) is 0 Å². The summed E-state index contributed by atoms with van der Waals surface area (Å²) >= 11 is 0. The first kappa shape index (κ1) is 23.4. The molecule has 1 aliphatic heterocycles. The van der Waals surface area contributed by atoms with E-state index in [4.69, 9.17) is 10.5 Å². The van der Waals surface area contributed by atoms with E-state index < -0.39 is 0 Å². The highest BCUT2D eigenvalue weighted by Gasteiger charge is 2.50. The average molecular weight is 421 g/mol. The number of nitrogens with two attached hydrogens (primary N) is 1. The first-order valence-corrected chi connectivity index (χ1v) is 12.0. The lowest BCUT2D eigenvalue weighted by Gasteiger charge is -2.26. The van der Waals surface area contributed by atoms with Crippen LogP contribution in [0.1, 0.15) is 92.9 Å². The quantitative estimate of drug-likeness (QED) is 0.464. The molecule has 6 heteroatoms. The second-order valence-corrected chi connectivity index (χ2v) is 11.0. The molecule has 0 radical (unpaired) electrons. The van der Waals surface area contributed by atoms with Crippen molar-refractivity contribution in [3.63, 3.8) is 0 Å². The number of hydrogen-bond donors (Lipinski definition) is 3. The number of hydrogen-bond acceptors (Lipinski definition) is 5. The number of ether oxygens (including phenoxy) is 1. The van der Waals surface area contributed by atoms with Crippen LogP contribution < -0.4 is 16.5 Å². The van der Waals surface area contributed by atoms with Crippen LogP contribution in [-0.2, 0) is 9.53 Å². The third-order valence-electron chi connectivity index (χ3n) is 7.47. The number of nitrogens with one attached hydrogen (secondary N) is 2. The normalized spacial score (nSPS) is 32.3. The van der Waals surface area contributed by atoms with Crippen LogP contribution in [0.25, 0.3) is 0 Å². The van der Waals surface area contributed by atoms with E-state index in [0.29, 0.717) is 18.9 Å². The van der Waals surface area contributed by atoms with Crippen LogP contribution in [0.5, 0.6) is 0 Å². The fourth-order valence-corrected chi connectivity index (χ4v) is 4.50. The smallest absolute Gasteiger partial charge is 0.220 e. The van der Waals surface area contributed by atoms with Gasteiger partial charge < -0.3 is 15.8 Å². The number of carbonyl (C=O) groups excluding carboxylic acids is 1. The maximum atomic E-state index is 12.2. The Balaban J connectivity index is 1.40. The van der Waals surface area contributed by atoms with Gasteiger partial charge in [0, 0.05) is 24.6 Å². The highest BCUT2D eigenvalue weighted by atomic mass is 16.5. The van der Waals surface area contributed by atoms with Crippen molar-refractivity contribution < 1.29 is 9.53 Å². The van der Waals surface area contributed by atoms with E-state index in [1.165, 1.54) is 25.0 Å². The Bertz CT molecular complexity index is 660. The minimum Gasteiger partial charge on any atom is -0.401 e. The minimum atomic E-state index is -0.312. The molecule has 1 saturated heterocycles. The number of nitrogens with zero attached hydrogens (tertiary/aromatic N) is 1. The molecule has 4 N–H and O–H groups in total. The van der Waals surface area contributed by atoms with Gasteiger partial charge in [-0.1, -0.05) is 13.8 Å². The summed E-state index contributed by atoms with van der Waals surface area (Å²) in [6.45, 7) is 13.3. The second kappa shape index (κ2) is 9.07. The van der Waals surface area contributed by atoms with Crippen molar-refractivity contribution in [2.45, 2.75) is 110 Å². The van der Waals surface area contributed by atoms with E-state index in [2.05, 4.69) is 57.3 Å². The van der Waals surface area contributed by atoms with E-state index in [9.17, 15) is 4.79 Å². The molecular weight excluding hydrogens is 376 g/mol. The van der Waals surface area contributed by atoms with Gasteiger partial charge in [0.25, 0.3) is 0 Å². The molecule has 1 heterocycles. The number of amides is 1. The molecule has 4 unspecified atom stereocenters. The predicted molar refractivity (Wildman–Crippen MR) is 121 cm³/mol. The molecule has 0 spiro atoms. The summed E-state index contributed by atoms with van der Waals surface area (Å²) in [5, 5.41) is 5.36. The van der Waals surface area contributed by atoms with Gasteiger partial charge in [0.15, 0.2) is 0 Å². The van der Waals surface area contributed by atoms with E-state index >= 15 is 0 Å². The van der Waals surface area contributed by atoms with Gasteiger partial charge in [0.05, 0.1) is 17.9 Å². The Hall–Kier alpha value is -1.27. The van der Waals surface area contributed by atoms with Gasteiger partial charge in [-0.25, -0.2) is 5.43 Å². The summed E-state index contributed by atoms with van der Waals surface area (Å²) < 4.78 is 6.19. The average Bonchev–Trinajstić information content (AvgIpc) is 3.54. The number of allylic oxidation sites excluding steroid dienone is 2. The maximum absolute atomic E-state index is 12.2.